The number of carbonyl (C=O) groups is 2. The van der Waals surface area contributed by atoms with Crippen LogP contribution in [0.2, 0.25) is 0 Å². The summed E-state index contributed by atoms with van der Waals surface area (Å²) in [5.41, 5.74) is 2.90. The van der Waals surface area contributed by atoms with Crippen LogP contribution in [0.15, 0.2) is 47.4 Å². The van der Waals surface area contributed by atoms with E-state index in [4.69, 9.17) is 0 Å². The first-order chi connectivity index (χ1) is 12.2. The third kappa shape index (κ3) is 5.42. The average molecular weight is 374 g/mol. The largest absolute Gasteiger partial charge is 0.326 e. The molecule has 7 heteroatoms. The lowest BCUT2D eigenvalue weighted by molar-refractivity contribution is -0.116. The molecule has 0 fully saturated rings. The van der Waals surface area contributed by atoms with Crippen LogP contribution in [-0.2, 0) is 25.8 Å². The summed E-state index contributed by atoms with van der Waals surface area (Å²) in [6.45, 7) is 3.62. The van der Waals surface area contributed by atoms with Crippen LogP contribution in [0, 0.1) is 6.92 Å². The molecule has 0 aromatic heterocycles. The fourth-order valence-electron chi connectivity index (χ4n) is 2.37. The van der Waals surface area contributed by atoms with Crippen LogP contribution in [0.5, 0.6) is 0 Å². The van der Waals surface area contributed by atoms with Crippen LogP contribution in [0.1, 0.15) is 24.5 Å². The summed E-state index contributed by atoms with van der Waals surface area (Å²) in [7, 11) is -3.25. The zero-order valence-electron chi connectivity index (χ0n) is 15.0. The number of sulfone groups is 1. The molecule has 138 valence electrons. The Morgan fingerprint density at radius 1 is 0.962 bits per heavy atom. The Kier molecular flexibility index (Phi) is 6.15. The highest BCUT2D eigenvalue weighted by Crippen LogP contribution is 2.20. The van der Waals surface area contributed by atoms with E-state index in [1.807, 2.05) is 6.92 Å². The molecule has 0 aliphatic heterocycles. The van der Waals surface area contributed by atoms with E-state index in [1.165, 1.54) is 12.1 Å². The summed E-state index contributed by atoms with van der Waals surface area (Å²) in [5, 5.41) is 5.60. The molecule has 0 bridgehead atoms. The molecule has 26 heavy (non-hydrogen) atoms. The van der Waals surface area contributed by atoms with Crippen molar-refractivity contribution in [3.63, 3.8) is 0 Å². The van der Waals surface area contributed by atoms with Gasteiger partial charge in [-0.15, -0.1) is 0 Å². The molecule has 0 aliphatic carbocycles. The molecule has 0 heterocycles. The molecular formula is C19H22N2O4S. The number of hydrogen-bond acceptors (Lipinski definition) is 4. The second-order valence-corrected chi connectivity index (χ2v) is 8.09. The fourth-order valence-corrected chi connectivity index (χ4v) is 3.00. The first kappa shape index (κ1) is 19.7. The molecule has 2 N–H and O–H groups in total. The normalized spacial score (nSPS) is 11.0. The number of hydrogen-bond donors (Lipinski definition) is 2. The lowest BCUT2D eigenvalue weighted by Crippen LogP contribution is -2.15. The minimum Gasteiger partial charge on any atom is -0.326 e. The number of nitrogens with one attached hydrogen (secondary N) is 2. The van der Waals surface area contributed by atoms with E-state index >= 15 is 0 Å². The maximum absolute atomic E-state index is 12.2. The zero-order valence-corrected chi connectivity index (χ0v) is 15.8. The topological polar surface area (TPSA) is 92.3 Å². The van der Waals surface area contributed by atoms with Crippen molar-refractivity contribution >= 4 is 33.0 Å². The van der Waals surface area contributed by atoms with E-state index in [-0.39, 0.29) is 23.1 Å². The van der Waals surface area contributed by atoms with Crippen molar-refractivity contribution in [2.24, 2.45) is 0 Å². The van der Waals surface area contributed by atoms with Gasteiger partial charge in [0.1, 0.15) is 0 Å². The van der Waals surface area contributed by atoms with Crippen molar-refractivity contribution in [3.05, 3.63) is 53.6 Å². The van der Waals surface area contributed by atoms with Gasteiger partial charge < -0.3 is 10.6 Å². The maximum Gasteiger partial charge on any atom is 0.228 e. The molecule has 0 unspecified atom stereocenters. The van der Waals surface area contributed by atoms with Gasteiger partial charge in [0.25, 0.3) is 0 Å². The zero-order chi connectivity index (χ0) is 19.3. The molecule has 0 saturated heterocycles. The second-order valence-electron chi connectivity index (χ2n) is 6.07. The Balaban J connectivity index is 2.02. The third-order valence-electron chi connectivity index (χ3n) is 3.82. The number of aryl methyl sites for hydroxylation is 1. The Bertz CT molecular complexity index is 919. The molecule has 0 atom stereocenters. The van der Waals surface area contributed by atoms with Gasteiger partial charge in [-0.1, -0.05) is 19.1 Å². The van der Waals surface area contributed by atoms with E-state index in [9.17, 15) is 18.0 Å². The smallest absolute Gasteiger partial charge is 0.228 e. The van der Waals surface area contributed by atoms with Crippen molar-refractivity contribution in [1.29, 1.82) is 0 Å². The van der Waals surface area contributed by atoms with Gasteiger partial charge in [0.2, 0.25) is 11.8 Å². The molecule has 0 radical (unpaired) electrons. The van der Waals surface area contributed by atoms with Gasteiger partial charge in [-0.05, 0) is 48.4 Å². The number of rotatable bonds is 6. The van der Waals surface area contributed by atoms with Crippen LogP contribution >= 0.6 is 0 Å². The summed E-state index contributed by atoms with van der Waals surface area (Å²) >= 11 is 0. The summed E-state index contributed by atoms with van der Waals surface area (Å²) in [6.07, 6.45) is 1.68. The molecule has 2 aromatic carbocycles. The van der Waals surface area contributed by atoms with Crippen molar-refractivity contribution in [2.75, 3.05) is 16.9 Å². The number of benzene rings is 2. The lowest BCUT2D eigenvalue weighted by atomic mass is 10.1. The van der Waals surface area contributed by atoms with Gasteiger partial charge >= 0.3 is 0 Å². The molecule has 2 amide bonds. The van der Waals surface area contributed by atoms with Crippen LogP contribution in [0.4, 0.5) is 11.4 Å². The van der Waals surface area contributed by atoms with Crippen molar-refractivity contribution in [1.82, 2.24) is 0 Å². The molecule has 0 aliphatic rings. The van der Waals surface area contributed by atoms with Gasteiger partial charge in [0, 0.05) is 24.1 Å². The van der Waals surface area contributed by atoms with Gasteiger partial charge in [-0.25, -0.2) is 8.42 Å². The monoisotopic (exact) mass is 374 g/mol. The van der Waals surface area contributed by atoms with Gasteiger partial charge in [-0.3, -0.25) is 9.59 Å². The Morgan fingerprint density at radius 2 is 1.62 bits per heavy atom. The highest BCUT2D eigenvalue weighted by atomic mass is 32.2. The van der Waals surface area contributed by atoms with E-state index < -0.39 is 9.84 Å². The highest BCUT2D eigenvalue weighted by Gasteiger charge is 2.10. The lowest BCUT2D eigenvalue weighted by Gasteiger charge is -2.11. The minimum absolute atomic E-state index is 0.0706. The number of carbonyl (C=O) groups excluding carboxylic acids is 2. The van der Waals surface area contributed by atoms with Crippen LogP contribution in [-0.4, -0.2) is 26.5 Å². The molecular weight excluding hydrogens is 352 g/mol. The first-order valence-corrected chi connectivity index (χ1v) is 10.1. The van der Waals surface area contributed by atoms with Crippen molar-refractivity contribution < 1.29 is 18.0 Å². The van der Waals surface area contributed by atoms with Gasteiger partial charge in [0.15, 0.2) is 9.84 Å². The molecule has 0 spiro atoms. The third-order valence-corrected chi connectivity index (χ3v) is 4.95. The summed E-state index contributed by atoms with van der Waals surface area (Å²) < 4.78 is 22.9. The maximum atomic E-state index is 12.2. The first-order valence-electron chi connectivity index (χ1n) is 8.18. The summed E-state index contributed by atoms with van der Waals surface area (Å²) in [6, 6.07) is 11.5. The van der Waals surface area contributed by atoms with Crippen molar-refractivity contribution in [2.45, 2.75) is 31.6 Å². The molecule has 2 rings (SSSR count). The molecule has 2 aromatic rings. The van der Waals surface area contributed by atoms with Gasteiger partial charge in [0.05, 0.1) is 11.3 Å². The van der Waals surface area contributed by atoms with Crippen LogP contribution in [0.25, 0.3) is 0 Å². The fraction of sp³-hybridized carbons (Fsp3) is 0.263. The Hall–Kier alpha value is -2.67. The second kappa shape index (κ2) is 8.14. The van der Waals surface area contributed by atoms with E-state index in [2.05, 4.69) is 10.6 Å². The predicted molar refractivity (Wildman–Crippen MR) is 102 cm³/mol. The SMILES string of the molecule is CCC(=O)Nc1ccc(NC(=O)Cc2ccc(S(C)(=O)=O)cc2)c(C)c1. The summed E-state index contributed by atoms with van der Waals surface area (Å²) in [5.74, 6) is -0.274. The van der Waals surface area contributed by atoms with Gasteiger partial charge in [-0.2, -0.15) is 0 Å². The molecule has 0 saturated carbocycles. The average Bonchev–Trinajstić information content (AvgIpc) is 2.57. The standard InChI is InChI=1S/C19H22N2O4S/c1-4-18(22)20-15-7-10-17(13(2)11-15)21-19(23)12-14-5-8-16(9-6-14)26(3,24)25/h5-11H,4,12H2,1-3H3,(H,20,22)(H,21,23). The van der Waals surface area contributed by atoms with Crippen molar-refractivity contribution in [3.8, 4) is 0 Å². The molecule has 6 nitrogen and oxygen atoms in total. The Morgan fingerprint density at radius 3 is 2.15 bits per heavy atom. The quantitative estimate of drug-likeness (QED) is 0.813. The van der Waals surface area contributed by atoms with E-state index in [0.717, 1.165) is 17.4 Å². The minimum atomic E-state index is -3.25. The number of anilines is 2. The predicted octanol–water partition coefficient (Wildman–Crippen LogP) is 2.93. The van der Waals surface area contributed by atoms with Crippen LogP contribution < -0.4 is 10.6 Å². The van der Waals surface area contributed by atoms with E-state index in [0.29, 0.717) is 17.8 Å². The summed E-state index contributed by atoms with van der Waals surface area (Å²) in [4.78, 5) is 23.9. The Labute approximate surface area is 153 Å². The highest BCUT2D eigenvalue weighted by molar-refractivity contribution is 7.90. The number of amides is 2. The van der Waals surface area contributed by atoms with E-state index in [1.54, 1.807) is 37.3 Å². The van der Waals surface area contributed by atoms with Crippen LogP contribution in [0.3, 0.4) is 0 Å².